The second-order valence-electron chi connectivity index (χ2n) is 9.04. The lowest BCUT2D eigenvalue weighted by molar-refractivity contribution is -0.145. The second kappa shape index (κ2) is 11.8. The van der Waals surface area contributed by atoms with Crippen molar-refractivity contribution in [3.8, 4) is 5.88 Å². The van der Waals surface area contributed by atoms with E-state index in [0.717, 1.165) is 28.5 Å². The number of nitrogens with one attached hydrogen (secondary N) is 1. The highest BCUT2D eigenvalue weighted by Crippen LogP contribution is 2.18. The van der Waals surface area contributed by atoms with Gasteiger partial charge >= 0.3 is 17.3 Å². The van der Waals surface area contributed by atoms with Gasteiger partial charge in [-0.1, -0.05) is 36.8 Å². The van der Waals surface area contributed by atoms with Crippen molar-refractivity contribution in [2.75, 3.05) is 20.3 Å². The van der Waals surface area contributed by atoms with Crippen LogP contribution >= 0.6 is 0 Å². The number of ether oxygens (including phenoxy) is 3. The minimum Gasteiger partial charge on any atom is -0.474 e. The average Bonchev–Trinajstić information content (AvgIpc) is 2.91. The van der Waals surface area contributed by atoms with Crippen LogP contribution in [-0.4, -0.2) is 51.5 Å². The number of rotatable bonds is 8. The molecular formula is C26H31N5O6. The number of methoxy groups -OCH3 is 1. The van der Waals surface area contributed by atoms with E-state index in [4.69, 9.17) is 14.2 Å². The van der Waals surface area contributed by atoms with Crippen LogP contribution in [0, 0.1) is 12.8 Å². The minimum absolute atomic E-state index is 0.0528. The van der Waals surface area contributed by atoms with Crippen molar-refractivity contribution in [3.05, 3.63) is 80.3 Å². The Labute approximate surface area is 213 Å². The fraction of sp³-hybridized carbons (Fsp3) is 0.423. The molecule has 37 heavy (non-hydrogen) atoms. The Hall–Kier alpha value is -3.99. The summed E-state index contributed by atoms with van der Waals surface area (Å²) in [5.74, 6) is -0.731. The molecule has 196 valence electrons. The van der Waals surface area contributed by atoms with E-state index in [1.807, 2.05) is 31.2 Å². The minimum atomic E-state index is -0.688. The van der Waals surface area contributed by atoms with Gasteiger partial charge in [0.1, 0.15) is 6.10 Å². The van der Waals surface area contributed by atoms with E-state index in [1.54, 1.807) is 19.1 Å². The van der Waals surface area contributed by atoms with Crippen LogP contribution in [0.4, 0.5) is 5.69 Å². The van der Waals surface area contributed by atoms with E-state index in [0.29, 0.717) is 24.8 Å². The summed E-state index contributed by atoms with van der Waals surface area (Å²) < 4.78 is 18.4. The largest absolute Gasteiger partial charge is 0.474 e. The van der Waals surface area contributed by atoms with Gasteiger partial charge < -0.3 is 14.2 Å². The predicted molar refractivity (Wildman–Crippen MR) is 135 cm³/mol. The first-order valence-electron chi connectivity index (χ1n) is 12.2. The summed E-state index contributed by atoms with van der Waals surface area (Å²) in [5.41, 5.74) is 1.17. The molecule has 4 rings (SSSR count). The molecule has 1 aliphatic heterocycles. The van der Waals surface area contributed by atoms with Gasteiger partial charge in [-0.3, -0.25) is 14.3 Å². The van der Waals surface area contributed by atoms with Crippen molar-refractivity contribution in [1.29, 1.82) is 0 Å². The molecule has 0 aliphatic carbocycles. The number of nitrogens with zero attached hydrogens (tertiary/aromatic N) is 4. The highest BCUT2D eigenvalue weighted by atomic mass is 16.5. The third-order valence-electron chi connectivity index (χ3n) is 6.11. The number of carbonyl (C=O) groups is 1. The number of carbonyl (C=O) groups excluding carboxylic acids is 1. The molecular weight excluding hydrogens is 478 g/mol. The lowest BCUT2D eigenvalue weighted by atomic mass is 10.1. The molecule has 0 unspecified atom stereocenters. The summed E-state index contributed by atoms with van der Waals surface area (Å²) in [6.45, 7) is 4.93. The summed E-state index contributed by atoms with van der Waals surface area (Å²) in [6.07, 6.45) is 3.18. The molecule has 1 fully saturated rings. The van der Waals surface area contributed by atoms with Crippen molar-refractivity contribution in [2.24, 2.45) is 10.9 Å². The van der Waals surface area contributed by atoms with Gasteiger partial charge in [0, 0.05) is 25.5 Å². The number of aromatic amines is 1. The fourth-order valence-corrected chi connectivity index (χ4v) is 3.97. The molecule has 3 aromatic rings. The van der Waals surface area contributed by atoms with Gasteiger partial charge in [0.2, 0.25) is 11.5 Å². The van der Waals surface area contributed by atoms with Crippen LogP contribution in [-0.2, 0) is 27.4 Å². The number of hydrogen-bond donors (Lipinski definition) is 1. The molecule has 11 heteroatoms. The number of benzene rings is 1. The molecule has 0 amide bonds. The third-order valence-corrected chi connectivity index (χ3v) is 6.11. The average molecular weight is 510 g/mol. The lowest BCUT2D eigenvalue weighted by Crippen LogP contribution is -2.51. The summed E-state index contributed by atoms with van der Waals surface area (Å²) in [7, 11) is 1.26. The number of pyridine rings is 1. The first kappa shape index (κ1) is 26.1. The molecule has 1 N–H and O–H groups in total. The number of hydrogen-bond acceptors (Lipinski definition) is 8. The zero-order chi connectivity index (χ0) is 26.4. The molecule has 0 radical (unpaired) electrons. The molecule has 1 saturated heterocycles. The number of esters is 1. The summed E-state index contributed by atoms with van der Waals surface area (Å²) >= 11 is 0. The van der Waals surface area contributed by atoms with Crippen molar-refractivity contribution < 1.29 is 19.0 Å². The monoisotopic (exact) mass is 509 g/mol. The second-order valence-corrected chi connectivity index (χ2v) is 9.04. The topological polar surface area (TPSA) is 130 Å². The van der Waals surface area contributed by atoms with E-state index >= 15 is 0 Å². The van der Waals surface area contributed by atoms with Crippen LogP contribution in [0.1, 0.15) is 30.9 Å². The molecule has 1 aliphatic rings. The summed E-state index contributed by atoms with van der Waals surface area (Å²) in [6, 6.07) is 11.1. The Bertz CT molecular complexity index is 1400. The smallest absolute Gasteiger partial charge is 0.335 e. The first-order valence-corrected chi connectivity index (χ1v) is 12.2. The van der Waals surface area contributed by atoms with Gasteiger partial charge in [0.25, 0.3) is 0 Å². The van der Waals surface area contributed by atoms with Crippen LogP contribution in [0.3, 0.4) is 0 Å². The van der Waals surface area contributed by atoms with E-state index in [2.05, 4.69) is 15.0 Å². The molecule has 11 nitrogen and oxygen atoms in total. The van der Waals surface area contributed by atoms with Crippen molar-refractivity contribution >= 4 is 11.7 Å². The Morgan fingerprint density at radius 2 is 1.89 bits per heavy atom. The van der Waals surface area contributed by atoms with Crippen LogP contribution in [0.25, 0.3) is 0 Å². The van der Waals surface area contributed by atoms with E-state index in [1.165, 1.54) is 17.9 Å². The van der Waals surface area contributed by atoms with Gasteiger partial charge in [-0.15, -0.1) is 0 Å². The van der Waals surface area contributed by atoms with Crippen LogP contribution in [0.2, 0.25) is 0 Å². The SMILES string of the molecule is COC(=O)[C@@H](C)Cn1c(=O)[nH]/c(=N\c2ccc(OC3CCOCC3)nc2)n(Cc2ccc(C)cc2)c1=O. The van der Waals surface area contributed by atoms with Gasteiger partial charge in [-0.2, -0.15) is 0 Å². The predicted octanol–water partition coefficient (Wildman–Crippen LogP) is 1.69. The van der Waals surface area contributed by atoms with Gasteiger partial charge in [-0.05, 0) is 18.6 Å². The molecule has 1 aromatic carbocycles. The maximum Gasteiger partial charge on any atom is 0.335 e. The van der Waals surface area contributed by atoms with E-state index in [9.17, 15) is 14.4 Å². The normalized spacial score (nSPS) is 15.4. The first-order chi connectivity index (χ1) is 17.8. The van der Waals surface area contributed by atoms with Crippen LogP contribution in [0.15, 0.2) is 57.2 Å². The van der Waals surface area contributed by atoms with Gasteiger partial charge in [-0.25, -0.2) is 24.1 Å². The fourth-order valence-electron chi connectivity index (χ4n) is 3.97. The maximum absolute atomic E-state index is 13.4. The van der Waals surface area contributed by atoms with Crippen LogP contribution < -0.4 is 21.7 Å². The zero-order valence-electron chi connectivity index (χ0n) is 21.2. The molecule has 1 atom stereocenters. The Morgan fingerprint density at radius 3 is 2.54 bits per heavy atom. The Kier molecular flexibility index (Phi) is 8.34. The van der Waals surface area contributed by atoms with E-state index in [-0.39, 0.29) is 24.8 Å². The van der Waals surface area contributed by atoms with Crippen molar-refractivity contribution in [2.45, 2.75) is 45.9 Å². The number of H-pyrrole nitrogens is 1. The van der Waals surface area contributed by atoms with Crippen molar-refractivity contribution in [3.63, 3.8) is 0 Å². The Morgan fingerprint density at radius 1 is 1.16 bits per heavy atom. The highest BCUT2D eigenvalue weighted by Gasteiger charge is 2.19. The zero-order valence-corrected chi connectivity index (χ0v) is 21.2. The quantitative estimate of drug-likeness (QED) is 0.458. The third kappa shape index (κ3) is 6.62. The van der Waals surface area contributed by atoms with Crippen molar-refractivity contribution in [1.82, 2.24) is 19.1 Å². The number of aromatic nitrogens is 4. The summed E-state index contributed by atoms with van der Waals surface area (Å²) in [5, 5.41) is 0. The molecule has 0 spiro atoms. The van der Waals surface area contributed by atoms with Gasteiger partial charge in [0.15, 0.2) is 0 Å². The number of aryl methyl sites for hydroxylation is 1. The van der Waals surface area contributed by atoms with Crippen LogP contribution in [0.5, 0.6) is 5.88 Å². The lowest BCUT2D eigenvalue weighted by Gasteiger charge is -2.22. The standard InChI is InChI=1S/C26H31N5O6/c1-17-4-6-19(7-5-17)16-30-24(29-25(33)31(26(30)34)15-18(2)23(32)35-3)28-20-8-9-22(27-14-20)37-21-10-12-36-13-11-21/h4-9,14,18,21H,10-13,15-16H2,1-3H3,(H,28,29,33)/t18-/m0/s1. The summed E-state index contributed by atoms with van der Waals surface area (Å²) in [4.78, 5) is 49.7. The maximum atomic E-state index is 13.4. The Balaban J connectivity index is 1.70. The molecule has 0 saturated carbocycles. The molecule has 0 bridgehead atoms. The molecule has 3 heterocycles. The van der Waals surface area contributed by atoms with E-state index < -0.39 is 23.3 Å². The molecule has 2 aromatic heterocycles. The highest BCUT2D eigenvalue weighted by molar-refractivity contribution is 5.71. The van der Waals surface area contributed by atoms with Gasteiger partial charge in [0.05, 0.1) is 44.7 Å².